The van der Waals surface area contributed by atoms with E-state index >= 15 is 0 Å². The number of urea groups is 1. The van der Waals surface area contributed by atoms with Crippen molar-refractivity contribution in [3.05, 3.63) is 76.8 Å². The average molecular weight is 512 g/mol. The predicted octanol–water partition coefficient (Wildman–Crippen LogP) is 4.24. The summed E-state index contributed by atoms with van der Waals surface area (Å²) in [5, 5.41) is 3.00. The average Bonchev–Trinajstić information content (AvgIpc) is 3.19. The van der Waals surface area contributed by atoms with E-state index in [9.17, 15) is 13.2 Å². The Balaban J connectivity index is 0.00000408. The Kier molecular flexibility index (Phi) is 9.80. The molecule has 2 aromatic carbocycles. The predicted molar refractivity (Wildman–Crippen MR) is 136 cm³/mol. The third kappa shape index (κ3) is 7.33. The molecule has 1 heterocycles. The van der Waals surface area contributed by atoms with E-state index in [-0.39, 0.29) is 39.9 Å². The van der Waals surface area contributed by atoms with Gasteiger partial charge in [-0.2, -0.15) is 0 Å². The number of imidazole rings is 1. The second-order valence-electron chi connectivity index (χ2n) is 8.75. The number of hydrogen-bond donors (Lipinski definition) is 2. The van der Waals surface area contributed by atoms with E-state index < -0.39 is 16.1 Å². The van der Waals surface area contributed by atoms with Gasteiger partial charge in [0.2, 0.25) is 0 Å². The molecule has 3 rings (SSSR count). The van der Waals surface area contributed by atoms with Crippen LogP contribution in [0.3, 0.4) is 0 Å². The molecule has 0 spiro atoms. The zero-order chi connectivity index (χ0) is 24.2. The van der Waals surface area contributed by atoms with E-state index in [1.165, 1.54) is 24.3 Å². The summed E-state index contributed by atoms with van der Waals surface area (Å²) in [6, 6.07) is 12.8. The second kappa shape index (κ2) is 11.7. The molecule has 0 saturated heterocycles. The van der Waals surface area contributed by atoms with Crippen LogP contribution in [0.2, 0.25) is 5.02 Å². The van der Waals surface area contributed by atoms with Crippen LogP contribution in [0.25, 0.3) is 5.69 Å². The normalized spacial score (nSPS) is 11.6. The Labute approximate surface area is 228 Å². The Bertz CT molecular complexity index is 1220. The maximum Gasteiger partial charge on any atom is 0.328 e. The first kappa shape index (κ1) is 28.4. The van der Waals surface area contributed by atoms with Crippen LogP contribution >= 0.6 is 11.6 Å². The molecule has 3 aromatic rings. The molecule has 2 amide bonds. The molecule has 0 atom stereocenters. The van der Waals surface area contributed by atoms with Gasteiger partial charge in [-0.05, 0) is 48.4 Å². The number of nitrogens with zero attached hydrogens (tertiary/aromatic N) is 2. The Morgan fingerprint density at radius 2 is 1.68 bits per heavy atom. The van der Waals surface area contributed by atoms with Crippen molar-refractivity contribution in [2.45, 2.75) is 50.8 Å². The van der Waals surface area contributed by atoms with Crippen molar-refractivity contribution in [2.75, 3.05) is 6.54 Å². The van der Waals surface area contributed by atoms with Crippen LogP contribution in [0.5, 0.6) is 0 Å². The summed E-state index contributed by atoms with van der Waals surface area (Å²) >= 11 is 5.77. The molecule has 2 N–H and O–H groups in total. The van der Waals surface area contributed by atoms with Crippen molar-refractivity contribution >= 4 is 57.2 Å². The summed E-state index contributed by atoms with van der Waals surface area (Å²) in [5.41, 5.74) is 3.07. The van der Waals surface area contributed by atoms with Gasteiger partial charge in [-0.25, -0.2) is 22.9 Å². The standard InChI is InChI=1S/C24H29ClN4O3S.Na/c1-5-22-27-21(24(2,3)4)16-29(22)19-10-6-17(7-11-19)14-15-26-23(30)28-33(31,32)20-12-8-18(25)9-13-20;/h6-13,16H,5,14-15H2,1-4H3,(H2,26,28,30);. The van der Waals surface area contributed by atoms with Gasteiger partial charge in [0.25, 0.3) is 10.0 Å². The molecule has 1 aromatic heterocycles. The molecule has 177 valence electrons. The van der Waals surface area contributed by atoms with Gasteiger partial charge in [0.05, 0.1) is 10.6 Å². The van der Waals surface area contributed by atoms with E-state index in [2.05, 4.69) is 43.8 Å². The molecule has 34 heavy (non-hydrogen) atoms. The van der Waals surface area contributed by atoms with E-state index in [4.69, 9.17) is 16.6 Å². The molecule has 0 unspecified atom stereocenters. The first-order chi connectivity index (χ1) is 15.5. The molecule has 0 aliphatic carbocycles. The minimum atomic E-state index is -3.95. The number of carbonyl (C=O) groups is 1. The van der Waals surface area contributed by atoms with E-state index in [1.54, 1.807) is 0 Å². The molecule has 0 fully saturated rings. The zero-order valence-corrected chi connectivity index (χ0v) is 23.8. The van der Waals surface area contributed by atoms with E-state index in [1.807, 2.05) is 29.0 Å². The first-order valence-electron chi connectivity index (χ1n) is 10.7. The van der Waals surface area contributed by atoms with Gasteiger partial charge in [-0.15, -0.1) is 0 Å². The number of aryl methyl sites for hydroxylation is 1. The van der Waals surface area contributed by atoms with Crippen molar-refractivity contribution in [3.8, 4) is 5.69 Å². The van der Waals surface area contributed by atoms with Crippen LogP contribution in [0.15, 0.2) is 59.6 Å². The third-order valence-electron chi connectivity index (χ3n) is 5.13. The number of benzene rings is 2. The smallest absolute Gasteiger partial charge is 0.328 e. The Hall–Kier alpha value is -1.84. The van der Waals surface area contributed by atoms with Crippen molar-refractivity contribution < 1.29 is 13.2 Å². The van der Waals surface area contributed by atoms with Crippen molar-refractivity contribution in [1.82, 2.24) is 19.6 Å². The summed E-state index contributed by atoms with van der Waals surface area (Å²) in [7, 11) is -3.95. The van der Waals surface area contributed by atoms with Gasteiger partial charge in [0, 0.05) is 64.8 Å². The minimum absolute atomic E-state index is 0. The number of carbonyl (C=O) groups excluding carboxylic acids is 1. The van der Waals surface area contributed by atoms with Crippen LogP contribution in [-0.2, 0) is 28.3 Å². The van der Waals surface area contributed by atoms with Crippen molar-refractivity contribution in [1.29, 1.82) is 0 Å². The van der Waals surface area contributed by atoms with E-state index in [0.717, 1.165) is 29.2 Å². The number of aromatic nitrogens is 2. The fourth-order valence-corrected chi connectivity index (χ4v) is 4.28. The molecule has 0 saturated carbocycles. The third-order valence-corrected chi connectivity index (χ3v) is 6.73. The monoisotopic (exact) mass is 511 g/mol. The fourth-order valence-electron chi connectivity index (χ4n) is 3.23. The number of rotatable bonds is 7. The Morgan fingerprint density at radius 3 is 2.24 bits per heavy atom. The molecule has 0 bridgehead atoms. The first-order valence-corrected chi connectivity index (χ1v) is 12.6. The quantitative estimate of drug-likeness (QED) is 0.464. The van der Waals surface area contributed by atoms with Crippen LogP contribution in [0, 0.1) is 0 Å². The van der Waals surface area contributed by atoms with Crippen molar-refractivity contribution in [3.63, 3.8) is 0 Å². The summed E-state index contributed by atoms with van der Waals surface area (Å²) in [5.74, 6) is 1.01. The summed E-state index contributed by atoms with van der Waals surface area (Å²) < 4.78 is 28.6. The van der Waals surface area contributed by atoms with E-state index in [0.29, 0.717) is 18.0 Å². The molecule has 0 aliphatic rings. The number of amides is 2. The SMILES string of the molecule is CCc1nc(C(C)(C)C)cn1-c1ccc(CCNC(=O)NS(=O)(=O)c2ccc(Cl)cc2)cc1.[Na]. The zero-order valence-electron chi connectivity index (χ0n) is 20.2. The van der Waals surface area contributed by atoms with Gasteiger partial charge in [-0.1, -0.05) is 51.4 Å². The van der Waals surface area contributed by atoms with Gasteiger partial charge < -0.3 is 9.88 Å². The second-order valence-corrected chi connectivity index (χ2v) is 10.9. The molecule has 0 aliphatic heterocycles. The molecule has 1 radical (unpaired) electrons. The maximum atomic E-state index is 12.3. The topological polar surface area (TPSA) is 93.1 Å². The Morgan fingerprint density at radius 1 is 1.06 bits per heavy atom. The summed E-state index contributed by atoms with van der Waals surface area (Å²) in [6.45, 7) is 8.81. The maximum absolute atomic E-state index is 12.3. The van der Waals surface area contributed by atoms with Gasteiger partial charge in [0.15, 0.2) is 0 Å². The van der Waals surface area contributed by atoms with Crippen LogP contribution in [0.4, 0.5) is 4.79 Å². The summed E-state index contributed by atoms with van der Waals surface area (Å²) in [4.78, 5) is 16.8. The summed E-state index contributed by atoms with van der Waals surface area (Å²) in [6.07, 6.45) is 3.48. The van der Waals surface area contributed by atoms with Gasteiger partial charge in [0.1, 0.15) is 5.82 Å². The molecule has 7 nitrogen and oxygen atoms in total. The van der Waals surface area contributed by atoms with Crippen LogP contribution < -0.4 is 10.0 Å². The number of nitrogens with one attached hydrogen (secondary N) is 2. The number of hydrogen-bond acceptors (Lipinski definition) is 4. The molecule has 10 heteroatoms. The molecular weight excluding hydrogens is 483 g/mol. The number of halogens is 1. The van der Waals surface area contributed by atoms with Crippen molar-refractivity contribution in [2.24, 2.45) is 0 Å². The van der Waals surface area contributed by atoms with Gasteiger partial charge >= 0.3 is 6.03 Å². The molecular formula is C24H29ClN4NaO3S. The van der Waals surface area contributed by atoms with Crippen LogP contribution in [0.1, 0.15) is 44.8 Å². The fraction of sp³-hybridized carbons (Fsp3) is 0.333. The minimum Gasteiger partial charge on any atom is -0.337 e. The largest absolute Gasteiger partial charge is 0.337 e. The van der Waals surface area contributed by atoms with Crippen LogP contribution in [-0.4, -0.2) is 60.1 Å². The number of sulfonamides is 1. The van der Waals surface area contributed by atoms with Gasteiger partial charge in [-0.3, -0.25) is 0 Å².